The maximum absolute atomic E-state index is 12.2. The Bertz CT molecular complexity index is 461. The Kier molecular flexibility index (Phi) is 12.2. The van der Waals surface area contributed by atoms with E-state index in [9.17, 15) is 8.42 Å². The fourth-order valence-corrected chi connectivity index (χ4v) is 4.25. The summed E-state index contributed by atoms with van der Waals surface area (Å²) in [7, 11) is -1.46. The van der Waals surface area contributed by atoms with Crippen molar-refractivity contribution in [3.8, 4) is 0 Å². The van der Waals surface area contributed by atoms with Crippen LogP contribution >= 0.6 is 24.0 Å². The van der Waals surface area contributed by atoms with E-state index >= 15 is 0 Å². The van der Waals surface area contributed by atoms with Crippen LogP contribution in [0.3, 0.4) is 0 Å². The first-order valence-corrected chi connectivity index (χ1v) is 10.1. The summed E-state index contributed by atoms with van der Waals surface area (Å²) in [5.41, 5.74) is 0. The molecule has 1 rings (SSSR count). The molecule has 0 radical (unpaired) electrons. The fourth-order valence-electron chi connectivity index (χ4n) is 2.84. The molecule has 1 heterocycles. The number of nitrogens with one attached hydrogen (secondary N) is 1. The highest BCUT2D eigenvalue weighted by Crippen LogP contribution is 2.13. The fraction of sp³-hybridized carbons (Fsp3) is 0.933. The van der Waals surface area contributed by atoms with Gasteiger partial charge in [0.05, 0.1) is 11.9 Å². The van der Waals surface area contributed by atoms with Crippen molar-refractivity contribution in [2.75, 3.05) is 52.1 Å². The first-order valence-electron chi connectivity index (χ1n) is 8.53. The summed E-state index contributed by atoms with van der Waals surface area (Å²) in [6.07, 6.45) is 2.29. The zero-order valence-electron chi connectivity index (χ0n) is 15.3. The number of aliphatic imine (C=N–C) groups is 1. The lowest BCUT2D eigenvalue weighted by Gasteiger charge is -2.34. The number of likely N-dealkylation sites (tertiary alicyclic amines) is 1. The second-order valence-electron chi connectivity index (χ2n) is 5.52. The van der Waals surface area contributed by atoms with Crippen molar-refractivity contribution in [2.24, 2.45) is 4.99 Å². The number of hydrogen-bond acceptors (Lipinski definition) is 4. The molecular formula is C15H33IN4O3S. The smallest absolute Gasteiger partial charge is 0.215 e. The van der Waals surface area contributed by atoms with Gasteiger partial charge in [0.15, 0.2) is 5.96 Å². The summed E-state index contributed by atoms with van der Waals surface area (Å²) < 4.78 is 31.5. The van der Waals surface area contributed by atoms with Gasteiger partial charge in [-0.25, -0.2) is 12.7 Å². The van der Waals surface area contributed by atoms with Crippen molar-refractivity contribution in [2.45, 2.75) is 39.7 Å². The van der Waals surface area contributed by atoms with Crippen LogP contribution in [0.15, 0.2) is 4.99 Å². The molecule has 0 aliphatic carbocycles. The van der Waals surface area contributed by atoms with Crippen LogP contribution in [0.2, 0.25) is 0 Å². The largest absolute Gasteiger partial charge is 0.378 e. The lowest BCUT2D eigenvalue weighted by molar-refractivity contribution is 0.0264. The van der Waals surface area contributed by atoms with Gasteiger partial charge in [-0.1, -0.05) is 13.8 Å². The molecule has 0 spiro atoms. The number of guanidine groups is 1. The van der Waals surface area contributed by atoms with E-state index in [0.29, 0.717) is 25.7 Å². The Labute approximate surface area is 164 Å². The molecule has 1 saturated heterocycles. The molecule has 24 heavy (non-hydrogen) atoms. The molecule has 0 atom stereocenters. The monoisotopic (exact) mass is 476 g/mol. The van der Waals surface area contributed by atoms with Gasteiger partial charge >= 0.3 is 0 Å². The highest BCUT2D eigenvalue weighted by molar-refractivity contribution is 14.0. The number of hydrogen-bond donors (Lipinski definition) is 1. The van der Waals surface area contributed by atoms with E-state index < -0.39 is 10.0 Å². The molecule has 0 aromatic rings. The van der Waals surface area contributed by atoms with Gasteiger partial charge in [0, 0.05) is 46.4 Å². The summed E-state index contributed by atoms with van der Waals surface area (Å²) >= 11 is 0. The Balaban J connectivity index is 0.00000529. The van der Waals surface area contributed by atoms with Crippen LogP contribution in [0.4, 0.5) is 0 Å². The zero-order valence-corrected chi connectivity index (χ0v) is 18.5. The minimum atomic E-state index is -3.20. The molecule has 1 aliphatic heterocycles. The summed E-state index contributed by atoms with van der Waals surface area (Å²) in [4.78, 5) is 6.44. The predicted octanol–water partition coefficient (Wildman–Crippen LogP) is 1.35. The third-order valence-electron chi connectivity index (χ3n) is 4.10. The Morgan fingerprint density at radius 2 is 1.83 bits per heavy atom. The van der Waals surface area contributed by atoms with Crippen LogP contribution in [0, 0.1) is 0 Å². The minimum absolute atomic E-state index is 0. The summed E-state index contributed by atoms with van der Waals surface area (Å²) in [6, 6.07) is 0. The van der Waals surface area contributed by atoms with Gasteiger partial charge in [-0.3, -0.25) is 4.99 Å². The van der Waals surface area contributed by atoms with E-state index in [1.807, 2.05) is 20.8 Å². The number of piperidine rings is 1. The van der Waals surface area contributed by atoms with Crippen molar-refractivity contribution in [3.63, 3.8) is 0 Å². The number of ether oxygens (including phenoxy) is 1. The maximum Gasteiger partial charge on any atom is 0.215 e. The quantitative estimate of drug-likeness (QED) is 0.325. The SMILES string of the molecule is CCOC1CCN(C(=NC)NCCS(=O)(=O)N(CC)CC)CC1.I. The zero-order chi connectivity index (χ0) is 17.3. The van der Waals surface area contributed by atoms with Crippen LogP contribution in [-0.4, -0.2) is 81.8 Å². The molecule has 0 aromatic heterocycles. The van der Waals surface area contributed by atoms with Crippen LogP contribution in [0.1, 0.15) is 33.6 Å². The van der Waals surface area contributed by atoms with E-state index in [1.165, 1.54) is 4.31 Å². The number of rotatable bonds is 8. The lowest BCUT2D eigenvalue weighted by atomic mass is 10.1. The standard InChI is InChI=1S/C15H32N4O3S.HI/c1-5-19(6-2)23(20,21)13-10-17-15(16-4)18-11-8-14(9-12-18)22-7-3;/h14H,5-13H2,1-4H3,(H,16,17);1H. The first kappa shape index (κ1) is 23.9. The molecule has 9 heteroatoms. The molecule has 1 aliphatic rings. The van der Waals surface area contributed by atoms with E-state index in [2.05, 4.69) is 15.2 Å². The van der Waals surface area contributed by atoms with Gasteiger partial charge in [0.1, 0.15) is 0 Å². The Morgan fingerprint density at radius 3 is 2.29 bits per heavy atom. The van der Waals surface area contributed by atoms with Crippen molar-refractivity contribution in [1.82, 2.24) is 14.5 Å². The van der Waals surface area contributed by atoms with Crippen LogP contribution in [-0.2, 0) is 14.8 Å². The second-order valence-corrected chi connectivity index (χ2v) is 7.60. The average molecular weight is 476 g/mol. The normalized spacial score (nSPS) is 17.0. The van der Waals surface area contributed by atoms with Gasteiger partial charge < -0.3 is 15.0 Å². The second kappa shape index (κ2) is 12.3. The third kappa shape index (κ3) is 7.40. The van der Waals surface area contributed by atoms with E-state index in [-0.39, 0.29) is 29.7 Å². The summed E-state index contributed by atoms with van der Waals surface area (Å²) in [5.74, 6) is 0.859. The first-order chi connectivity index (χ1) is 11.0. The van der Waals surface area contributed by atoms with Gasteiger partial charge in [-0.2, -0.15) is 0 Å². The number of nitrogens with zero attached hydrogens (tertiary/aromatic N) is 3. The third-order valence-corrected chi connectivity index (χ3v) is 6.12. The van der Waals surface area contributed by atoms with Gasteiger partial charge in [0.25, 0.3) is 0 Å². The highest BCUT2D eigenvalue weighted by atomic mass is 127. The van der Waals surface area contributed by atoms with E-state index in [4.69, 9.17) is 4.74 Å². The molecule has 7 nitrogen and oxygen atoms in total. The highest BCUT2D eigenvalue weighted by Gasteiger charge is 2.22. The average Bonchev–Trinajstić information content (AvgIpc) is 2.54. The molecule has 1 N–H and O–H groups in total. The molecule has 0 amide bonds. The van der Waals surface area contributed by atoms with Gasteiger partial charge in [-0.15, -0.1) is 24.0 Å². The van der Waals surface area contributed by atoms with Crippen molar-refractivity contribution in [3.05, 3.63) is 0 Å². The van der Waals surface area contributed by atoms with E-state index in [1.54, 1.807) is 7.05 Å². The topological polar surface area (TPSA) is 74.2 Å². The summed E-state index contributed by atoms with van der Waals surface area (Å²) in [5, 5.41) is 3.17. The molecule has 1 fully saturated rings. The van der Waals surface area contributed by atoms with Crippen molar-refractivity contribution >= 4 is 40.0 Å². The molecule has 144 valence electrons. The molecule has 0 aromatic carbocycles. The molecule has 0 unspecified atom stereocenters. The molecule has 0 bridgehead atoms. The lowest BCUT2D eigenvalue weighted by Crippen LogP contribution is -2.48. The Hall–Kier alpha value is -0.130. The maximum atomic E-state index is 12.2. The summed E-state index contributed by atoms with van der Waals surface area (Å²) in [6.45, 7) is 9.64. The van der Waals surface area contributed by atoms with Crippen LogP contribution < -0.4 is 5.32 Å². The molecule has 0 saturated carbocycles. The number of halogens is 1. The van der Waals surface area contributed by atoms with Gasteiger partial charge in [0.2, 0.25) is 10.0 Å². The molecular weight excluding hydrogens is 443 g/mol. The van der Waals surface area contributed by atoms with Crippen molar-refractivity contribution in [1.29, 1.82) is 0 Å². The van der Waals surface area contributed by atoms with Crippen LogP contribution in [0.5, 0.6) is 0 Å². The van der Waals surface area contributed by atoms with E-state index in [0.717, 1.165) is 38.5 Å². The van der Waals surface area contributed by atoms with Crippen LogP contribution in [0.25, 0.3) is 0 Å². The Morgan fingerprint density at radius 1 is 1.25 bits per heavy atom. The minimum Gasteiger partial charge on any atom is -0.378 e. The predicted molar refractivity (Wildman–Crippen MR) is 110 cm³/mol. The van der Waals surface area contributed by atoms with Gasteiger partial charge in [-0.05, 0) is 19.8 Å². The number of sulfonamides is 1. The van der Waals surface area contributed by atoms with Crippen molar-refractivity contribution < 1.29 is 13.2 Å².